The van der Waals surface area contributed by atoms with Crippen LogP contribution in [0.1, 0.15) is 18.4 Å². The summed E-state index contributed by atoms with van der Waals surface area (Å²) in [6, 6.07) is 15.4. The third kappa shape index (κ3) is 4.48. The van der Waals surface area contributed by atoms with E-state index in [0.29, 0.717) is 5.58 Å². The number of aromatic nitrogens is 1. The predicted octanol–water partition coefficient (Wildman–Crippen LogP) is 5.07. The lowest BCUT2D eigenvalue weighted by Gasteiger charge is -2.36. The minimum atomic E-state index is -0.303. The van der Waals surface area contributed by atoms with Crippen LogP contribution in [0, 0.1) is 0 Å². The van der Waals surface area contributed by atoms with Gasteiger partial charge in [0.1, 0.15) is 5.58 Å². The average Bonchev–Trinajstić information content (AvgIpc) is 3.19. The van der Waals surface area contributed by atoms with Crippen LogP contribution >= 0.6 is 11.6 Å². The number of aryl methyl sites for hydroxylation is 1. The monoisotopic (exact) mass is 435 g/mol. The van der Waals surface area contributed by atoms with E-state index in [2.05, 4.69) is 33.1 Å². The molecule has 1 saturated heterocycles. The number of piperazine rings is 1. The number of unbranched alkanes of at least 4 members (excludes halogenated alkanes) is 1. The van der Waals surface area contributed by atoms with Crippen molar-refractivity contribution >= 4 is 39.2 Å². The number of nitrogens with zero attached hydrogens (tertiary/aromatic N) is 2. The maximum absolute atomic E-state index is 11.4. The van der Waals surface area contributed by atoms with Gasteiger partial charge in [-0.25, -0.2) is 4.79 Å². The molecule has 160 valence electrons. The minimum Gasteiger partial charge on any atom is -0.423 e. The zero-order valence-corrected chi connectivity index (χ0v) is 18.2. The SMILES string of the molecule is O=c1ccc2cc(N3CCN(CCCCc4c[nH]c5ccc(Cl)cc45)CC3)ccc2o1. The number of anilines is 1. The van der Waals surface area contributed by atoms with Gasteiger partial charge in [0.25, 0.3) is 0 Å². The van der Waals surface area contributed by atoms with Gasteiger partial charge in [-0.1, -0.05) is 11.6 Å². The van der Waals surface area contributed by atoms with Crippen LogP contribution in [0.3, 0.4) is 0 Å². The molecule has 0 spiro atoms. The minimum absolute atomic E-state index is 0.303. The number of rotatable bonds is 6. The zero-order chi connectivity index (χ0) is 21.2. The second-order valence-corrected chi connectivity index (χ2v) is 8.70. The Hall–Kier alpha value is -2.76. The van der Waals surface area contributed by atoms with Gasteiger partial charge in [-0.05, 0) is 73.8 Å². The average molecular weight is 436 g/mol. The summed E-state index contributed by atoms with van der Waals surface area (Å²) in [7, 11) is 0. The molecule has 4 aromatic rings. The fourth-order valence-corrected chi connectivity index (χ4v) is 4.67. The van der Waals surface area contributed by atoms with Gasteiger partial charge in [-0.15, -0.1) is 0 Å². The van der Waals surface area contributed by atoms with Crippen LogP contribution < -0.4 is 10.5 Å². The van der Waals surface area contributed by atoms with E-state index in [1.807, 2.05) is 30.3 Å². The summed E-state index contributed by atoms with van der Waals surface area (Å²) < 4.78 is 5.24. The van der Waals surface area contributed by atoms with E-state index < -0.39 is 0 Å². The van der Waals surface area contributed by atoms with Crippen molar-refractivity contribution in [2.75, 3.05) is 37.6 Å². The molecule has 5 rings (SSSR count). The summed E-state index contributed by atoms with van der Waals surface area (Å²) >= 11 is 6.16. The molecule has 0 saturated carbocycles. The lowest BCUT2D eigenvalue weighted by atomic mass is 10.1. The molecule has 31 heavy (non-hydrogen) atoms. The lowest BCUT2D eigenvalue weighted by molar-refractivity contribution is 0.253. The second-order valence-electron chi connectivity index (χ2n) is 8.27. The first kappa shape index (κ1) is 20.2. The number of hydrogen-bond acceptors (Lipinski definition) is 4. The Morgan fingerprint density at radius 2 is 1.84 bits per heavy atom. The Bertz CT molecular complexity index is 1250. The van der Waals surface area contributed by atoms with Gasteiger partial charge in [-0.2, -0.15) is 0 Å². The second kappa shape index (κ2) is 8.77. The first-order valence-corrected chi connectivity index (χ1v) is 11.3. The standard InChI is InChI=1S/C25H26ClN3O2/c26-20-5-7-23-22(16-20)19(17-27-23)3-1-2-10-28-11-13-29(14-12-28)21-6-8-24-18(15-21)4-9-25(30)31-24/h4-9,15-17,27H,1-3,10-14H2. The summed E-state index contributed by atoms with van der Waals surface area (Å²) in [5.74, 6) is 0. The molecule has 6 heteroatoms. The molecule has 2 aromatic carbocycles. The molecule has 3 heterocycles. The van der Waals surface area contributed by atoms with Gasteiger partial charge in [0, 0.05) is 65.4 Å². The summed E-state index contributed by atoms with van der Waals surface area (Å²) in [4.78, 5) is 19.7. The quantitative estimate of drug-likeness (QED) is 0.339. The molecule has 1 N–H and O–H groups in total. The molecule has 0 atom stereocenters. The van der Waals surface area contributed by atoms with E-state index in [0.717, 1.165) is 55.1 Å². The Kier molecular flexibility index (Phi) is 5.70. The van der Waals surface area contributed by atoms with Gasteiger partial charge in [0.05, 0.1) is 0 Å². The van der Waals surface area contributed by atoms with E-state index in [9.17, 15) is 4.79 Å². The Labute approximate surface area is 186 Å². The van der Waals surface area contributed by atoms with Gasteiger partial charge in [0.2, 0.25) is 0 Å². The van der Waals surface area contributed by atoms with E-state index in [1.54, 1.807) is 0 Å². The van der Waals surface area contributed by atoms with Crippen molar-refractivity contribution in [1.82, 2.24) is 9.88 Å². The molecule has 5 nitrogen and oxygen atoms in total. The maximum Gasteiger partial charge on any atom is 0.336 e. The normalized spacial score (nSPS) is 15.2. The van der Waals surface area contributed by atoms with Gasteiger partial charge in [-0.3, -0.25) is 4.90 Å². The van der Waals surface area contributed by atoms with E-state index in [4.69, 9.17) is 16.0 Å². The number of H-pyrrole nitrogens is 1. The van der Waals surface area contributed by atoms with Crippen molar-refractivity contribution in [3.63, 3.8) is 0 Å². The van der Waals surface area contributed by atoms with E-state index >= 15 is 0 Å². The molecule has 0 amide bonds. The highest BCUT2D eigenvalue weighted by Crippen LogP contribution is 2.24. The number of aromatic amines is 1. The van der Waals surface area contributed by atoms with E-state index in [1.165, 1.54) is 35.5 Å². The number of nitrogens with one attached hydrogen (secondary N) is 1. The number of fused-ring (bicyclic) bond motifs is 2. The molecule has 1 aliphatic rings. The maximum atomic E-state index is 11.4. The molecule has 1 fully saturated rings. The van der Waals surface area contributed by atoms with Crippen molar-refractivity contribution in [2.45, 2.75) is 19.3 Å². The van der Waals surface area contributed by atoms with Gasteiger partial charge in [0.15, 0.2) is 0 Å². The molecular weight excluding hydrogens is 410 g/mol. The van der Waals surface area contributed by atoms with Gasteiger partial charge >= 0.3 is 5.63 Å². The lowest BCUT2D eigenvalue weighted by Crippen LogP contribution is -2.46. The van der Waals surface area contributed by atoms with Crippen molar-refractivity contribution in [2.24, 2.45) is 0 Å². The number of halogens is 1. The van der Waals surface area contributed by atoms with Crippen LogP contribution in [0.5, 0.6) is 0 Å². The molecule has 0 aliphatic carbocycles. The third-order valence-corrected chi connectivity index (χ3v) is 6.48. The highest BCUT2D eigenvalue weighted by Gasteiger charge is 2.17. The summed E-state index contributed by atoms with van der Waals surface area (Å²) in [5, 5.41) is 3.01. The summed E-state index contributed by atoms with van der Waals surface area (Å²) in [5.41, 5.74) is 4.05. The van der Waals surface area contributed by atoms with Gasteiger partial charge < -0.3 is 14.3 Å². The topological polar surface area (TPSA) is 52.5 Å². The van der Waals surface area contributed by atoms with Crippen LogP contribution in [0.2, 0.25) is 5.02 Å². The first-order chi connectivity index (χ1) is 15.2. The van der Waals surface area contributed by atoms with Crippen molar-refractivity contribution in [1.29, 1.82) is 0 Å². The highest BCUT2D eigenvalue weighted by atomic mass is 35.5. The van der Waals surface area contributed by atoms with Crippen LogP contribution in [0.15, 0.2) is 63.9 Å². The smallest absolute Gasteiger partial charge is 0.336 e. The van der Waals surface area contributed by atoms with Crippen molar-refractivity contribution < 1.29 is 4.42 Å². The largest absolute Gasteiger partial charge is 0.423 e. The summed E-state index contributed by atoms with van der Waals surface area (Å²) in [6.07, 6.45) is 5.57. The Balaban J connectivity index is 1.10. The van der Waals surface area contributed by atoms with Crippen LogP contribution in [0.25, 0.3) is 21.9 Å². The molecular formula is C25H26ClN3O2. The Morgan fingerprint density at radius 1 is 0.968 bits per heavy atom. The van der Waals surface area contributed by atoms with Crippen LogP contribution in [-0.4, -0.2) is 42.6 Å². The predicted molar refractivity (Wildman–Crippen MR) is 127 cm³/mol. The fourth-order valence-electron chi connectivity index (χ4n) is 4.49. The van der Waals surface area contributed by atoms with E-state index in [-0.39, 0.29) is 5.63 Å². The summed E-state index contributed by atoms with van der Waals surface area (Å²) in [6.45, 7) is 5.32. The number of benzene rings is 2. The van der Waals surface area contributed by atoms with Crippen LogP contribution in [-0.2, 0) is 6.42 Å². The first-order valence-electron chi connectivity index (χ1n) is 10.9. The fraction of sp³-hybridized carbons (Fsp3) is 0.320. The van der Waals surface area contributed by atoms with Crippen molar-refractivity contribution in [3.8, 4) is 0 Å². The molecule has 0 unspecified atom stereocenters. The number of hydrogen-bond donors (Lipinski definition) is 1. The molecule has 0 radical (unpaired) electrons. The molecule has 0 bridgehead atoms. The Morgan fingerprint density at radius 3 is 2.71 bits per heavy atom. The molecule has 2 aromatic heterocycles. The highest BCUT2D eigenvalue weighted by molar-refractivity contribution is 6.31. The zero-order valence-electron chi connectivity index (χ0n) is 17.4. The third-order valence-electron chi connectivity index (χ3n) is 6.24. The molecule has 1 aliphatic heterocycles. The van der Waals surface area contributed by atoms with Crippen LogP contribution in [0.4, 0.5) is 5.69 Å². The van der Waals surface area contributed by atoms with Crippen molar-refractivity contribution in [3.05, 3.63) is 75.7 Å².